The van der Waals surface area contributed by atoms with E-state index >= 15 is 0 Å². The summed E-state index contributed by atoms with van der Waals surface area (Å²) in [5.41, 5.74) is 1.66. The minimum absolute atomic E-state index is 0. The Hall–Kier alpha value is -1.14. The second-order valence-electron chi connectivity index (χ2n) is 6.03. The molecule has 3 rings (SSSR count). The van der Waals surface area contributed by atoms with Crippen molar-refractivity contribution in [2.45, 2.75) is 19.3 Å². The topological polar surface area (TPSA) is 45.2 Å². The largest absolute Gasteiger partial charge is 0.337 e. The van der Waals surface area contributed by atoms with Gasteiger partial charge in [-0.05, 0) is 38.8 Å². The maximum Gasteiger partial charge on any atom is 0.273 e. The maximum absolute atomic E-state index is 12.6. The second kappa shape index (κ2) is 10.8. The molecule has 1 saturated heterocycles. The van der Waals surface area contributed by atoms with Crippen LogP contribution >= 0.6 is 36.2 Å². The summed E-state index contributed by atoms with van der Waals surface area (Å²) in [6.45, 7) is 2.77. The Morgan fingerprint density at radius 1 is 1.24 bits per heavy atom. The van der Waals surface area contributed by atoms with Crippen molar-refractivity contribution >= 4 is 42.1 Å². The van der Waals surface area contributed by atoms with Gasteiger partial charge >= 0.3 is 0 Å². The van der Waals surface area contributed by atoms with Crippen LogP contribution in [-0.2, 0) is 0 Å². The van der Waals surface area contributed by atoms with Gasteiger partial charge in [0.1, 0.15) is 10.7 Å². The SMILES string of the molecule is CNCCC1CCN(C(=O)c2csc(-c3ccccc3)n2)CC1.Cl.Cl. The minimum Gasteiger partial charge on any atom is -0.337 e. The molecule has 4 nitrogen and oxygen atoms in total. The van der Waals surface area contributed by atoms with Crippen molar-refractivity contribution in [1.29, 1.82) is 0 Å². The van der Waals surface area contributed by atoms with Gasteiger partial charge in [-0.1, -0.05) is 30.3 Å². The molecule has 0 radical (unpaired) electrons. The summed E-state index contributed by atoms with van der Waals surface area (Å²) in [5.74, 6) is 0.817. The number of benzene rings is 1. The van der Waals surface area contributed by atoms with Gasteiger partial charge in [0.2, 0.25) is 0 Å². The molecule has 0 atom stereocenters. The normalized spacial score (nSPS) is 14.5. The van der Waals surface area contributed by atoms with Crippen molar-refractivity contribution in [2.75, 3.05) is 26.7 Å². The maximum atomic E-state index is 12.6. The standard InChI is InChI=1S/C18H23N3OS.2ClH/c1-19-10-7-14-8-11-21(12-9-14)18(22)16-13-23-17(20-16)15-5-3-2-4-6-15;;/h2-6,13-14,19H,7-12H2,1H3;2*1H. The number of hydrogen-bond acceptors (Lipinski definition) is 4. The van der Waals surface area contributed by atoms with E-state index in [1.165, 1.54) is 17.8 Å². The van der Waals surface area contributed by atoms with Gasteiger partial charge in [0.25, 0.3) is 5.91 Å². The van der Waals surface area contributed by atoms with Gasteiger partial charge in [-0.2, -0.15) is 0 Å². The number of hydrogen-bond donors (Lipinski definition) is 1. The highest BCUT2D eigenvalue weighted by molar-refractivity contribution is 7.13. The van der Waals surface area contributed by atoms with Gasteiger partial charge < -0.3 is 10.2 Å². The lowest BCUT2D eigenvalue weighted by molar-refractivity contribution is 0.0682. The molecule has 1 aromatic heterocycles. The lowest BCUT2D eigenvalue weighted by atomic mass is 9.93. The van der Waals surface area contributed by atoms with Crippen LogP contribution < -0.4 is 5.32 Å². The first-order chi connectivity index (χ1) is 11.3. The second-order valence-corrected chi connectivity index (χ2v) is 6.89. The molecule has 1 N–H and O–H groups in total. The van der Waals surface area contributed by atoms with Crippen LogP contribution in [0.25, 0.3) is 10.6 Å². The van der Waals surface area contributed by atoms with Gasteiger partial charge in [-0.3, -0.25) is 4.79 Å². The van der Waals surface area contributed by atoms with Gasteiger partial charge in [-0.15, -0.1) is 36.2 Å². The fraction of sp³-hybridized carbons (Fsp3) is 0.444. The third kappa shape index (κ3) is 5.68. The van der Waals surface area contributed by atoms with E-state index in [0.717, 1.165) is 49.0 Å². The first-order valence-corrected chi connectivity index (χ1v) is 9.10. The summed E-state index contributed by atoms with van der Waals surface area (Å²) in [4.78, 5) is 19.1. The monoisotopic (exact) mass is 401 g/mol. The molecule has 0 spiro atoms. The number of rotatable bonds is 5. The molecule has 0 bridgehead atoms. The van der Waals surface area contributed by atoms with E-state index < -0.39 is 0 Å². The van der Waals surface area contributed by atoms with Crippen LogP contribution in [0.3, 0.4) is 0 Å². The zero-order valence-electron chi connectivity index (χ0n) is 14.3. The Balaban J connectivity index is 0.00000156. The number of aromatic nitrogens is 1. The van der Waals surface area contributed by atoms with Crippen molar-refractivity contribution in [3.63, 3.8) is 0 Å². The van der Waals surface area contributed by atoms with Gasteiger partial charge in [-0.25, -0.2) is 4.98 Å². The predicted molar refractivity (Wildman–Crippen MR) is 109 cm³/mol. The molecular weight excluding hydrogens is 377 g/mol. The van der Waals surface area contributed by atoms with E-state index in [2.05, 4.69) is 10.3 Å². The van der Waals surface area contributed by atoms with Crippen LogP contribution in [0.1, 0.15) is 29.8 Å². The molecular formula is C18H25Cl2N3OS. The van der Waals surface area contributed by atoms with Crippen molar-refractivity contribution < 1.29 is 4.79 Å². The van der Waals surface area contributed by atoms with Crippen molar-refractivity contribution in [3.05, 3.63) is 41.4 Å². The number of carbonyl (C=O) groups is 1. The molecule has 138 valence electrons. The number of halogens is 2. The van der Waals surface area contributed by atoms with E-state index in [9.17, 15) is 4.79 Å². The number of amides is 1. The van der Waals surface area contributed by atoms with E-state index in [-0.39, 0.29) is 30.7 Å². The van der Waals surface area contributed by atoms with Gasteiger partial charge in [0.05, 0.1) is 0 Å². The molecule has 1 aliphatic heterocycles. The molecule has 1 aliphatic rings. The zero-order valence-corrected chi connectivity index (χ0v) is 16.8. The molecule has 25 heavy (non-hydrogen) atoms. The Morgan fingerprint density at radius 2 is 1.92 bits per heavy atom. The first-order valence-electron chi connectivity index (χ1n) is 8.22. The molecule has 0 aliphatic carbocycles. The van der Waals surface area contributed by atoms with Crippen molar-refractivity contribution in [3.8, 4) is 10.6 Å². The molecule has 1 amide bonds. The third-order valence-electron chi connectivity index (χ3n) is 4.45. The van der Waals surface area contributed by atoms with E-state index in [4.69, 9.17) is 0 Å². The molecule has 1 aromatic carbocycles. The number of carbonyl (C=O) groups excluding carboxylic acids is 1. The predicted octanol–water partition coefficient (Wildman–Crippen LogP) is 4.12. The first kappa shape index (κ1) is 21.9. The third-order valence-corrected chi connectivity index (χ3v) is 5.34. The van der Waals surface area contributed by atoms with Gasteiger partial charge in [0, 0.05) is 24.0 Å². The van der Waals surface area contributed by atoms with Crippen LogP contribution in [0.4, 0.5) is 0 Å². The molecule has 0 saturated carbocycles. The minimum atomic E-state index is 0. The number of likely N-dealkylation sites (tertiary alicyclic amines) is 1. The zero-order chi connectivity index (χ0) is 16.1. The molecule has 7 heteroatoms. The number of nitrogens with one attached hydrogen (secondary N) is 1. The number of piperidine rings is 1. The summed E-state index contributed by atoms with van der Waals surface area (Å²) in [5, 5.41) is 6.01. The molecule has 2 heterocycles. The lowest BCUT2D eigenvalue weighted by Gasteiger charge is -2.31. The molecule has 0 unspecified atom stereocenters. The highest BCUT2D eigenvalue weighted by Gasteiger charge is 2.24. The van der Waals surface area contributed by atoms with Crippen LogP contribution in [0, 0.1) is 5.92 Å². The Labute approximate surface area is 165 Å². The van der Waals surface area contributed by atoms with Crippen LogP contribution in [0.5, 0.6) is 0 Å². The van der Waals surface area contributed by atoms with Crippen molar-refractivity contribution in [2.24, 2.45) is 5.92 Å². The van der Waals surface area contributed by atoms with Crippen LogP contribution in [0.2, 0.25) is 0 Å². The number of thiazole rings is 1. The number of nitrogens with zero attached hydrogens (tertiary/aromatic N) is 2. The Kier molecular flexibility index (Phi) is 9.43. The average molecular weight is 402 g/mol. The fourth-order valence-corrected chi connectivity index (χ4v) is 3.82. The lowest BCUT2D eigenvalue weighted by Crippen LogP contribution is -2.39. The fourth-order valence-electron chi connectivity index (χ4n) is 3.02. The van der Waals surface area contributed by atoms with Crippen LogP contribution in [0.15, 0.2) is 35.7 Å². The Morgan fingerprint density at radius 3 is 2.56 bits per heavy atom. The summed E-state index contributed by atoms with van der Waals surface area (Å²) >= 11 is 1.54. The Bertz CT molecular complexity index is 643. The van der Waals surface area contributed by atoms with E-state index in [1.807, 2.05) is 47.7 Å². The highest BCUT2D eigenvalue weighted by atomic mass is 35.5. The van der Waals surface area contributed by atoms with Gasteiger partial charge in [0.15, 0.2) is 0 Å². The summed E-state index contributed by atoms with van der Waals surface area (Å²) in [7, 11) is 1.99. The highest BCUT2D eigenvalue weighted by Crippen LogP contribution is 2.25. The van der Waals surface area contributed by atoms with Crippen molar-refractivity contribution in [1.82, 2.24) is 15.2 Å². The average Bonchev–Trinajstić information content (AvgIpc) is 3.11. The summed E-state index contributed by atoms with van der Waals surface area (Å²) in [6.07, 6.45) is 3.40. The smallest absolute Gasteiger partial charge is 0.273 e. The summed E-state index contributed by atoms with van der Waals surface area (Å²) in [6, 6.07) is 10.0. The quantitative estimate of drug-likeness (QED) is 0.819. The molecule has 2 aromatic rings. The van der Waals surface area contributed by atoms with E-state index in [1.54, 1.807) is 0 Å². The van der Waals surface area contributed by atoms with E-state index in [0.29, 0.717) is 5.69 Å². The molecule has 1 fully saturated rings. The summed E-state index contributed by atoms with van der Waals surface area (Å²) < 4.78 is 0. The van der Waals surface area contributed by atoms with Crippen LogP contribution in [-0.4, -0.2) is 42.5 Å².